The molecule has 2 aromatic heterocycles. The van der Waals surface area contributed by atoms with Gasteiger partial charge in [-0.15, -0.1) is 0 Å². The number of nitrogens with one attached hydrogen (secondary N) is 1. The zero-order valence-electron chi connectivity index (χ0n) is 23.8. The monoisotopic (exact) mass is 603 g/mol. The van der Waals surface area contributed by atoms with Crippen molar-refractivity contribution in [1.29, 1.82) is 5.26 Å². The molecule has 226 valence electrons. The van der Waals surface area contributed by atoms with Crippen molar-refractivity contribution in [1.82, 2.24) is 24.6 Å². The van der Waals surface area contributed by atoms with E-state index in [9.17, 15) is 19.7 Å². The van der Waals surface area contributed by atoms with Crippen molar-refractivity contribution in [2.75, 3.05) is 18.9 Å². The third-order valence-corrected chi connectivity index (χ3v) is 8.04. The summed E-state index contributed by atoms with van der Waals surface area (Å²) in [4.78, 5) is 25.1. The molecule has 15 nitrogen and oxygen atoms in total. The van der Waals surface area contributed by atoms with Gasteiger partial charge in [0.2, 0.25) is 11.8 Å². The first-order valence-electron chi connectivity index (χ1n) is 13.3. The topological polar surface area (TPSA) is 206 Å². The minimum atomic E-state index is -4.26. The van der Waals surface area contributed by atoms with E-state index in [0.29, 0.717) is 6.61 Å². The van der Waals surface area contributed by atoms with Crippen molar-refractivity contribution >= 4 is 30.8 Å². The molecule has 1 aromatic carbocycles. The summed E-state index contributed by atoms with van der Waals surface area (Å²) in [5.41, 5.74) is 4.86. The minimum Gasteiger partial charge on any atom is -0.476 e. The fraction of sp³-hybridized carbons (Fsp3) is 0.500. The van der Waals surface area contributed by atoms with Crippen LogP contribution in [0.15, 0.2) is 36.7 Å². The summed E-state index contributed by atoms with van der Waals surface area (Å²) in [6.07, 6.45) is -2.70. The summed E-state index contributed by atoms with van der Waals surface area (Å²) in [6, 6.07) is 9.26. The van der Waals surface area contributed by atoms with Gasteiger partial charge < -0.3 is 29.6 Å². The van der Waals surface area contributed by atoms with Crippen LogP contribution < -0.4 is 20.1 Å². The molecule has 0 amide bonds. The summed E-state index contributed by atoms with van der Waals surface area (Å²) in [6.45, 7) is 7.93. The number of carbonyl (C=O) groups excluding carboxylic acids is 1. The number of fused-ring (bicyclic) bond motifs is 1. The molecule has 3 aromatic rings. The number of hydrogen-bond donors (Lipinski definition) is 3. The molecule has 4 N–H and O–H groups in total. The molecular formula is C26H34N7O8P. The number of imidazole rings is 1. The van der Waals surface area contributed by atoms with E-state index in [1.54, 1.807) is 51.1 Å². The molecule has 0 radical (unpaired) electrons. The van der Waals surface area contributed by atoms with Gasteiger partial charge in [-0.1, -0.05) is 18.2 Å². The van der Waals surface area contributed by atoms with Gasteiger partial charge in [0, 0.05) is 0 Å². The van der Waals surface area contributed by atoms with Crippen molar-refractivity contribution in [2.45, 2.75) is 65.2 Å². The summed E-state index contributed by atoms with van der Waals surface area (Å²) in [5, 5.41) is 23.9. The van der Waals surface area contributed by atoms with Crippen LogP contribution in [0.4, 0.5) is 5.95 Å². The molecule has 0 bridgehead atoms. The predicted molar refractivity (Wildman–Crippen MR) is 149 cm³/mol. The van der Waals surface area contributed by atoms with Crippen molar-refractivity contribution in [3.8, 4) is 17.7 Å². The second-order valence-electron chi connectivity index (χ2n) is 10.0. The van der Waals surface area contributed by atoms with Crippen LogP contribution in [-0.4, -0.2) is 68.2 Å². The Kier molecular flexibility index (Phi) is 9.34. The fourth-order valence-corrected chi connectivity index (χ4v) is 5.84. The zero-order chi connectivity index (χ0) is 30.7. The summed E-state index contributed by atoms with van der Waals surface area (Å²) >= 11 is 0. The number of nitriles is 1. The molecule has 1 fully saturated rings. The molecular weight excluding hydrogens is 569 g/mol. The number of nitrogens with zero attached hydrogens (tertiary/aromatic N) is 5. The molecule has 16 heteroatoms. The number of nitrogens with two attached hydrogens (primary N) is 1. The second kappa shape index (κ2) is 12.6. The number of para-hydroxylation sites is 1. The van der Waals surface area contributed by atoms with Crippen LogP contribution in [0.25, 0.3) is 11.2 Å². The van der Waals surface area contributed by atoms with Gasteiger partial charge in [0.05, 0.1) is 31.7 Å². The Morgan fingerprint density at radius 2 is 2.02 bits per heavy atom. The van der Waals surface area contributed by atoms with Crippen LogP contribution in [0.5, 0.6) is 11.6 Å². The van der Waals surface area contributed by atoms with Crippen molar-refractivity contribution in [3.05, 3.63) is 36.7 Å². The van der Waals surface area contributed by atoms with E-state index in [1.165, 1.54) is 24.7 Å². The highest BCUT2D eigenvalue weighted by Gasteiger charge is 2.56. The highest BCUT2D eigenvalue weighted by Crippen LogP contribution is 2.49. The number of aromatic nitrogens is 4. The van der Waals surface area contributed by atoms with Gasteiger partial charge in [0.1, 0.15) is 29.4 Å². The lowest BCUT2D eigenvalue weighted by molar-refractivity contribution is -0.149. The third kappa shape index (κ3) is 6.48. The first-order chi connectivity index (χ1) is 19.9. The quantitative estimate of drug-likeness (QED) is 0.201. The Bertz CT molecular complexity index is 1500. The average molecular weight is 604 g/mol. The van der Waals surface area contributed by atoms with Gasteiger partial charge in [-0.2, -0.15) is 20.3 Å². The van der Waals surface area contributed by atoms with Crippen LogP contribution in [0.2, 0.25) is 0 Å². The van der Waals surface area contributed by atoms with Gasteiger partial charge in [-0.3, -0.25) is 13.9 Å². The lowest BCUT2D eigenvalue weighted by Crippen LogP contribution is -2.39. The van der Waals surface area contributed by atoms with Gasteiger partial charge in [0.15, 0.2) is 17.4 Å². The number of aliphatic hydroxyl groups excluding tert-OH is 1. The molecule has 1 unspecified atom stereocenters. The van der Waals surface area contributed by atoms with E-state index in [4.69, 9.17) is 29.0 Å². The highest BCUT2D eigenvalue weighted by atomic mass is 31.2. The van der Waals surface area contributed by atoms with Gasteiger partial charge in [-0.25, -0.2) is 9.55 Å². The summed E-state index contributed by atoms with van der Waals surface area (Å²) < 4.78 is 43.5. The number of rotatable bonds is 12. The largest absolute Gasteiger partial charge is 0.476 e. The molecule has 1 aliphatic rings. The van der Waals surface area contributed by atoms with Crippen LogP contribution in [0, 0.1) is 16.7 Å². The number of aliphatic hydroxyl groups is 1. The molecule has 42 heavy (non-hydrogen) atoms. The Balaban J connectivity index is 1.60. The number of carbonyl (C=O) groups is 1. The molecule has 4 rings (SSSR count). The number of nitrogen functional groups attached to an aromatic ring is 1. The van der Waals surface area contributed by atoms with Crippen LogP contribution >= 0.6 is 7.75 Å². The molecule has 0 saturated carbocycles. The molecule has 0 aliphatic carbocycles. The minimum absolute atomic E-state index is 0.0834. The SMILES string of the molecule is CCOc1nc(N)nc2c1ncn2[C@@H]1O[C@H](COP(=O)(N[C@@H](C)C(=O)OC(C)C)Oc2ccccc2)[C@@H](O)[C@@]1(C)C#N. The number of hydrogen-bond acceptors (Lipinski definition) is 13. The number of ether oxygens (including phenoxy) is 3. The second-order valence-corrected chi connectivity index (χ2v) is 11.7. The zero-order valence-corrected chi connectivity index (χ0v) is 24.7. The van der Waals surface area contributed by atoms with Gasteiger partial charge in [-0.05, 0) is 46.8 Å². The molecule has 0 spiro atoms. The maximum atomic E-state index is 13.9. The van der Waals surface area contributed by atoms with E-state index in [0.717, 1.165) is 0 Å². The Morgan fingerprint density at radius 1 is 1.31 bits per heavy atom. The summed E-state index contributed by atoms with van der Waals surface area (Å²) in [5.74, 6) is -0.386. The fourth-order valence-electron chi connectivity index (χ4n) is 4.34. The normalized spacial score (nSPS) is 24.2. The van der Waals surface area contributed by atoms with Crippen molar-refractivity contribution in [2.24, 2.45) is 5.41 Å². The molecule has 3 heterocycles. The molecule has 1 saturated heterocycles. The van der Waals surface area contributed by atoms with E-state index in [2.05, 4.69) is 26.1 Å². The lowest BCUT2D eigenvalue weighted by Gasteiger charge is -2.26. The first kappa shape index (κ1) is 31.1. The molecule has 1 aliphatic heterocycles. The molecule has 6 atom stereocenters. The van der Waals surface area contributed by atoms with E-state index < -0.39 is 56.3 Å². The number of anilines is 1. The van der Waals surface area contributed by atoms with Gasteiger partial charge >= 0.3 is 13.7 Å². The maximum Gasteiger partial charge on any atom is 0.459 e. The van der Waals surface area contributed by atoms with Crippen LogP contribution in [-0.2, 0) is 23.4 Å². The lowest BCUT2D eigenvalue weighted by atomic mass is 9.84. The standard InChI is InChI=1S/C26H34N7O8P/c1-6-37-22-19-21(30-25(28)31-22)33(14-29-19)24-26(5,13-27)20(34)18(40-24)12-38-42(36,41-17-10-8-7-9-11-17)32-16(4)23(35)39-15(2)3/h7-11,14-16,18,20,24,34H,6,12H2,1-5H3,(H,32,36)(H2,28,30,31)/t16-,18+,20+,24+,26+,42?/m0/s1. The van der Waals surface area contributed by atoms with E-state index in [-0.39, 0.29) is 28.7 Å². The number of benzene rings is 1. The first-order valence-corrected chi connectivity index (χ1v) is 14.8. The van der Waals surface area contributed by atoms with E-state index in [1.807, 2.05) is 0 Å². The Morgan fingerprint density at radius 3 is 2.67 bits per heavy atom. The van der Waals surface area contributed by atoms with Crippen LogP contribution in [0.1, 0.15) is 40.8 Å². The van der Waals surface area contributed by atoms with Gasteiger partial charge in [0.25, 0.3) is 0 Å². The Labute approximate surface area is 242 Å². The number of esters is 1. The van der Waals surface area contributed by atoms with Crippen molar-refractivity contribution < 1.29 is 37.7 Å². The third-order valence-electron chi connectivity index (χ3n) is 6.40. The average Bonchev–Trinajstić information content (AvgIpc) is 3.46. The van der Waals surface area contributed by atoms with Crippen LogP contribution in [0.3, 0.4) is 0 Å². The summed E-state index contributed by atoms with van der Waals surface area (Å²) in [7, 11) is -4.26. The van der Waals surface area contributed by atoms with E-state index >= 15 is 0 Å². The Hall–Kier alpha value is -3.80. The predicted octanol–water partition coefficient (Wildman–Crippen LogP) is 2.73. The maximum absolute atomic E-state index is 13.9. The highest BCUT2D eigenvalue weighted by molar-refractivity contribution is 7.52. The smallest absolute Gasteiger partial charge is 0.459 e. The van der Waals surface area contributed by atoms with Crippen molar-refractivity contribution in [3.63, 3.8) is 0 Å².